The van der Waals surface area contributed by atoms with Crippen LogP contribution in [-0.4, -0.2) is 19.5 Å². The number of benzene rings is 7. The minimum Gasteiger partial charge on any atom is -0.309 e. The molecule has 0 aliphatic heterocycles. The summed E-state index contributed by atoms with van der Waals surface area (Å²) in [5, 5.41) is 4.99. The van der Waals surface area contributed by atoms with Crippen molar-refractivity contribution >= 4 is 53.3 Å². The summed E-state index contributed by atoms with van der Waals surface area (Å²) >= 11 is 1.81. The summed E-state index contributed by atoms with van der Waals surface area (Å²) in [6, 6.07) is 59.8. The van der Waals surface area contributed by atoms with E-state index in [1.165, 1.54) is 53.1 Å². The Kier molecular flexibility index (Phi) is 6.64. The van der Waals surface area contributed by atoms with Crippen LogP contribution in [-0.2, 0) is 0 Å². The van der Waals surface area contributed by atoms with Crippen molar-refractivity contribution in [3.05, 3.63) is 170 Å². The number of nitrogens with zero attached hydrogens (tertiary/aromatic N) is 4. The molecule has 0 N–H and O–H groups in total. The van der Waals surface area contributed by atoms with Crippen LogP contribution in [0.5, 0.6) is 0 Å². The van der Waals surface area contributed by atoms with Gasteiger partial charge in [0.2, 0.25) is 0 Å². The molecule has 0 bridgehead atoms. The first kappa shape index (κ1) is 28.6. The first-order valence-corrected chi connectivity index (χ1v) is 17.5. The van der Waals surface area contributed by atoms with E-state index in [0.717, 1.165) is 22.4 Å². The quantitative estimate of drug-likeness (QED) is 0.185. The predicted octanol–water partition coefficient (Wildman–Crippen LogP) is 12.0. The zero-order valence-corrected chi connectivity index (χ0v) is 27.7. The molecule has 3 heterocycles. The van der Waals surface area contributed by atoms with Crippen molar-refractivity contribution in [3.8, 4) is 51.0 Å². The Balaban J connectivity index is 1.13. The average molecular weight is 657 g/mol. The molecule has 0 saturated heterocycles. The topological polar surface area (TPSA) is 43.6 Å². The van der Waals surface area contributed by atoms with Gasteiger partial charge in [-0.1, -0.05) is 133 Å². The van der Waals surface area contributed by atoms with Crippen LogP contribution in [0.3, 0.4) is 0 Å². The Morgan fingerprint density at radius 3 is 1.70 bits per heavy atom. The van der Waals surface area contributed by atoms with Gasteiger partial charge in [0.05, 0.1) is 11.0 Å². The highest BCUT2D eigenvalue weighted by Crippen LogP contribution is 2.42. The van der Waals surface area contributed by atoms with Gasteiger partial charge in [0.15, 0.2) is 17.5 Å². The second kappa shape index (κ2) is 11.6. The molecule has 5 heteroatoms. The highest BCUT2D eigenvalue weighted by Gasteiger charge is 2.18. The maximum absolute atomic E-state index is 4.97. The molecule has 0 aliphatic carbocycles. The maximum atomic E-state index is 4.97. The van der Waals surface area contributed by atoms with Crippen LogP contribution >= 0.6 is 11.3 Å². The van der Waals surface area contributed by atoms with E-state index in [1.807, 2.05) is 60.7 Å². The van der Waals surface area contributed by atoms with Gasteiger partial charge in [-0.15, -0.1) is 11.3 Å². The third-order valence-electron chi connectivity index (χ3n) is 9.45. The summed E-state index contributed by atoms with van der Waals surface area (Å²) in [4.78, 5) is 14.8. The van der Waals surface area contributed by atoms with Crippen LogP contribution in [0, 0.1) is 0 Å². The first-order chi connectivity index (χ1) is 24.8. The van der Waals surface area contributed by atoms with Crippen molar-refractivity contribution in [2.75, 3.05) is 0 Å². The zero-order valence-electron chi connectivity index (χ0n) is 26.9. The van der Waals surface area contributed by atoms with Gasteiger partial charge in [0.1, 0.15) is 0 Å². The molecule has 0 radical (unpaired) electrons. The number of rotatable bonds is 5. The largest absolute Gasteiger partial charge is 0.309 e. The van der Waals surface area contributed by atoms with Crippen molar-refractivity contribution in [1.82, 2.24) is 19.5 Å². The minimum atomic E-state index is 0.664. The number of fused-ring (bicyclic) bond motifs is 6. The lowest BCUT2D eigenvalue weighted by atomic mass is 9.99. The summed E-state index contributed by atoms with van der Waals surface area (Å²) in [7, 11) is 0. The van der Waals surface area contributed by atoms with Gasteiger partial charge < -0.3 is 4.57 Å². The lowest BCUT2D eigenvalue weighted by Gasteiger charge is -2.12. The molecule has 3 aromatic heterocycles. The molecule has 0 amide bonds. The Morgan fingerprint density at radius 2 is 0.980 bits per heavy atom. The van der Waals surface area contributed by atoms with E-state index in [0.29, 0.717) is 17.5 Å². The third kappa shape index (κ3) is 4.71. The summed E-state index contributed by atoms with van der Waals surface area (Å²) < 4.78 is 4.86. The van der Waals surface area contributed by atoms with Gasteiger partial charge in [-0.25, -0.2) is 15.0 Å². The van der Waals surface area contributed by atoms with Gasteiger partial charge in [-0.2, -0.15) is 0 Å². The van der Waals surface area contributed by atoms with Crippen LogP contribution in [0.4, 0.5) is 0 Å². The second-order valence-corrected chi connectivity index (χ2v) is 13.5. The van der Waals surface area contributed by atoms with Crippen molar-refractivity contribution < 1.29 is 0 Å². The normalized spacial score (nSPS) is 11.6. The molecule has 234 valence electrons. The predicted molar refractivity (Wildman–Crippen MR) is 209 cm³/mol. The molecule has 7 aromatic carbocycles. The van der Waals surface area contributed by atoms with E-state index in [9.17, 15) is 0 Å². The fourth-order valence-electron chi connectivity index (χ4n) is 7.12. The number of hydrogen-bond acceptors (Lipinski definition) is 4. The lowest BCUT2D eigenvalue weighted by Crippen LogP contribution is -1.99. The molecule has 0 fully saturated rings. The molecule has 0 saturated carbocycles. The van der Waals surface area contributed by atoms with Gasteiger partial charge in [0.25, 0.3) is 0 Å². The van der Waals surface area contributed by atoms with E-state index in [4.69, 9.17) is 15.0 Å². The van der Waals surface area contributed by atoms with E-state index in [-0.39, 0.29) is 0 Å². The Morgan fingerprint density at radius 1 is 0.380 bits per heavy atom. The smallest absolute Gasteiger partial charge is 0.164 e. The summed E-state index contributed by atoms with van der Waals surface area (Å²) in [5.74, 6) is 1.99. The van der Waals surface area contributed by atoms with Crippen molar-refractivity contribution in [2.45, 2.75) is 0 Å². The average Bonchev–Trinajstić information content (AvgIpc) is 3.74. The highest BCUT2D eigenvalue weighted by molar-refractivity contribution is 7.25. The highest BCUT2D eigenvalue weighted by atomic mass is 32.1. The fourth-order valence-corrected chi connectivity index (χ4v) is 8.24. The number of hydrogen-bond donors (Lipinski definition) is 0. The van der Waals surface area contributed by atoms with Crippen LogP contribution in [0.2, 0.25) is 0 Å². The van der Waals surface area contributed by atoms with E-state index < -0.39 is 0 Å². The van der Waals surface area contributed by atoms with Crippen molar-refractivity contribution in [3.63, 3.8) is 0 Å². The molecule has 4 nitrogen and oxygen atoms in total. The van der Waals surface area contributed by atoms with Gasteiger partial charge in [0, 0.05) is 58.9 Å². The van der Waals surface area contributed by atoms with Crippen LogP contribution in [0.15, 0.2) is 170 Å². The number of para-hydroxylation sites is 3. The number of thiophene rings is 1. The van der Waals surface area contributed by atoms with Gasteiger partial charge in [-0.05, 0) is 42.0 Å². The van der Waals surface area contributed by atoms with E-state index >= 15 is 0 Å². The maximum Gasteiger partial charge on any atom is 0.164 e. The summed E-state index contributed by atoms with van der Waals surface area (Å²) in [6.45, 7) is 0. The summed E-state index contributed by atoms with van der Waals surface area (Å²) in [6.07, 6.45) is 0. The summed E-state index contributed by atoms with van der Waals surface area (Å²) in [5.41, 5.74) is 8.90. The molecule has 0 unspecified atom stereocenters. The molecule has 0 atom stereocenters. The van der Waals surface area contributed by atoms with Crippen molar-refractivity contribution in [2.24, 2.45) is 0 Å². The Bertz CT molecular complexity index is 2800. The monoisotopic (exact) mass is 656 g/mol. The van der Waals surface area contributed by atoms with E-state index in [1.54, 1.807) is 11.3 Å². The minimum absolute atomic E-state index is 0.664. The van der Waals surface area contributed by atoms with Crippen LogP contribution < -0.4 is 0 Å². The Labute approximate surface area is 292 Å². The van der Waals surface area contributed by atoms with E-state index in [2.05, 4.69) is 114 Å². The zero-order chi connectivity index (χ0) is 33.0. The van der Waals surface area contributed by atoms with Crippen LogP contribution in [0.25, 0.3) is 93.0 Å². The molecular weight excluding hydrogens is 629 g/mol. The third-order valence-corrected chi connectivity index (χ3v) is 10.6. The van der Waals surface area contributed by atoms with Gasteiger partial charge >= 0.3 is 0 Å². The molecular formula is C45H28N4S. The molecule has 10 rings (SSSR count). The molecule has 10 aromatic rings. The number of aromatic nitrogens is 4. The second-order valence-electron chi connectivity index (χ2n) is 12.5. The van der Waals surface area contributed by atoms with Crippen LogP contribution in [0.1, 0.15) is 0 Å². The SMILES string of the molecule is c1ccc(-c2nc(-c3ccccc3)nc(-c3ccc4c(c3)sc3ccc(-c5cccc6c7ccccc7n(-c7ccccc7)c56)cc34)n2)cc1. The van der Waals surface area contributed by atoms with Crippen molar-refractivity contribution in [1.29, 1.82) is 0 Å². The van der Waals surface area contributed by atoms with Gasteiger partial charge in [-0.3, -0.25) is 0 Å². The Hall–Kier alpha value is -6.43. The fraction of sp³-hybridized carbons (Fsp3) is 0. The first-order valence-electron chi connectivity index (χ1n) is 16.7. The standard InChI is InChI=1S/C45H28N4S/c1-4-13-29(14-5-1)43-46-44(30-15-6-2-7-16-30)48-45(47-43)32-23-25-36-38-27-31(24-26-40(38)50-41(36)28-32)34-20-12-21-37-35-19-10-11-22-39(35)49(42(34)37)33-17-8-3-9-18-33/h1-28H. The molecule has 0 aliphatic rings. The lowest BCUT2D eigenvalue weighted by molar-refractivity contribution is 1.07. The molecule has 0 spiro atoms. The molecule has 50 heavy (non-hydrogen) atoms.